The molecule has 0 unspecified atom stereocenters. The summed E-state index contributed by atoms with van der Waals surface area (Å²) in [7, 11) is 0. The minimum absolute atomic E-state index is 0.339. The summed E-state index contributed by atoms with van der Waals surface area (Å²) in [4.78, 5) is 19.0. The molecule has 0 saturated heterocycles. The van der Waals surface area contributed by atoms with Crippen molar-refractivity contribution in [3.8, 4) is 0 Å². The van der Waals surface area contributed by atoms with E-state index in [1.54, 1.807) is 6.92 Å². The maximum atomic E-state index is 10.5. The predicted octanol–water partition coefficient (Wildman–Crippen LogP) is 2.33. The summed E-state index contributed by atoms with van der Waals surface area (Å²) in [6, 6.07) is 5.58. The van der Waals surface area contributed by atoms with Gasteiger partial charge in [-0.2, -0.15) is 0 Å². The van der Waals surface area contributed by atoms with Crippen molar-refractivity contribution in [2.45, 2.75) is 13.3 Å². The molecule has 0 atom stereocenters. The van der Waals surface area contributed by atoms with Crippen LogP contribution in [0.1, 0.15) is 11.3 Å². The first-order valence-corrected chi connectivity index (χ1v) is 4.95. The number of para-hydroxylation sites is 1. The fraction of sp³-hybridized carbons (Fsp3) is 0.182. The van der Waals surface area contributed by atoms with Gasteiger partial charge in [0.25, 0.3) is 0 Å². The van der Waals surface area contributed by atoms with Crippen LogP contribution in [-0.2, 0) is 11.2 Å². The molecule has 0 bridgehead atoms. The van der Waals surface area contributed by atoms with E-state index in [0.29, 0.717) is 22.8 Å². The van der Waals surface area contributed by atoms with Gasteiger partial charge in [0.15, 0.2) is 5.15 Å². The van der Waals surface area contributed by atoms with Crippen LogP contribution in [-0.4, -0.2) is 16.3 Å². The molecule has 76 valence electrons. The molecule has 0 N–H and O–H groups in total. The average molecular weight is 221 g/mol. The Labute approximate surface area is 92.1 Å². The highest BCUT2D eigenvalue weighted by Gasteiger charge is 2.06. The Balaban J connectivity index is 2.73. The Morgan fingerprint density at radius 2 is 2.20 bits per heavy atom. The Kier molecular flexibility index (Phi) is 2.64. The van der Waals surface area contributed by atoms with Gasteiger partial charge in [0.1, 0.15) is 6.29 Å². The molecule has 2 rings (SSSR count). The monoisotopic (exact) mass is 220 g/mol. The van der Waals surface area contributed by atoms with Crippen LogP contribution in [0, 0.1) is 6.92 Å². The van der Waals surface area contributed by atoms with Crippen LogP contribution in [0.5, 0.6) is 0 Å². The number of aromatic nitrogens is 2. The standard InChI is InChI=1S/C11H9ClN2O/c1-7-11(12)14-10-8(5-6-15)3-2-4-9(10)13-7/h2-4,6H,5H2,1H3. The largest absolute Gasteiger partial charge is 0.303 e. The number of rotatable bonds is 2. The van der Waals surface area contributed by atoms with Gasteiger partial charge in [-0.3, -0.25) is 0 Å². The van der Waals surface area contributed by atoms with Crippen LogP contribution >= 0.6 is 11.6 Å². The minimum Gasteiger partial charge on any atom is -0.303 e. The van der Waals surface area contributed by atoms with Crippen LogP contribution in [0.15, 0.2) is 18.2 Å². The molecule has 0 radical (unpaired) electrons. The van der Waals surface area contributed by atoms with Crippen molar-refractivity contribution in [1.82, 2.24) is 9.97 Å². The van der Waals surface area contributed by atoms with Gasteiger partial charge in [-0.05, 0) is 18.6 Å². The molecule has 1 heterocycles. The number of carbonyl (C=O) groups excluding carboxylic acids is 1. The molecule has 15 heavy (non-hydrogen) atoms. The molecule has 0 spiro atoms. The summed E-state index contributed by atoms with van der Waals surface area (Å²) in [5, 5.41) is 0.390. The molecule has 4 heteroatoms. The summed E-state index contributed by atoms with van der Waals surface area (Å²) in [6.07, 6.45) is 1.19. The fourth-order valence-electron chi connectivity index (χ4n) is 1.46. The van der Waals surface area contributed by atoms with Crippen molar-refractivity contribution in [2.24, 2.45) is 0 Å². The van der Waals surface area contributed by atoms with E-state index >= 15 is 0 Å². The van der Waals surface area contributed by atoms with Crippen molar-refractivity contribution >= 4 is 28.9 Å². The third kappa shape index (κ3) is 1.83. The molecular formula is C11H9ClN2O. The molecule has 2 aromatic rings. The summed E-state index contributed by atoms with van der Waals surface area (Å²) in [5.41, 5.74) is 3.04. The van der Waals surface area contributed by atoms with E-state index in [9.17, 15) is 4.79 Å². The van der Waals surface area contributed by atoms with Crippen LogP contribution in [0.4, 0.5) is 0 Å². The molecule has 0 fully saturated rings. The molecule has 0 amide bonds. The number of hydrogen-bond donors (Lipinski definition) is 0. The number of aldehydes is 1. The lowest BCUT2D eigenvalue weighted by Gasteiger charge is -2.04. The zero-order chi connectivity index (χ0) is 10.8. The Morgan fingerprint density at radius 3 is 2.93 bits per heavy atom. The SMILES string of the molecule is Cc1nc2cccc(CC=O)c2nc1Cl. The number of fused-ring (bicyclic) bond motifs is 1. The third-order valence-electron chi connectivity index (χ3n) is 2.20. The molecule has 3 nitrogen and oxygen atoms in total. The summed E-state index contributed by atoms with van der Waals surface area (Å²) in [6.45, 7) is 1.81. The summed E-state index contributed by atoms with van der Waals surface area (Å²) in [5.74, 6) is 0. The first-order valence-electron chi connectivity index (χ1n) is 4.57. The second-order valence-corrected chi connectivity index (χ2v) is 3.61. The van der Waals surface area contributed by atoms with Gasteiger partial charge in [-0.15, -0.1) is 0 Å². The number of halogens is 1. The molecule has 0 aliphatic carbocycles. The highest BCUT2D eigenvalue weighted by atomic mass is 35.5. The maximum absolute atomic E-state index is 10.5. The Hall–Kier alpha value is -1.48. The van der Waals surface area contributed by atoms with E-state index in [0.717, 1.165) is 17.4 Å². The van der Waals surface area contributed by atoms with Gasteiger partial charge in [0, 0.05) is 6.42 Å². The van der Waals surface area contributed by atoms with Crippen LogP contribution < -0.4 is 0 Å². The van der Waals surface area contributed by atoms with Crippen molar-refractivity contribution in [2.75, 3.05) is 0 Å². The molecular weight excluding hydrogens is 212 g/mol. The number of nitrogens with zero attached hydrogens (tertiary/aromatic N) is 2. The minimum atomic E-state index is 0.339. The second-order valence-electron chi connectivity index (χ2n) is 3.26. The summed E-state index contributed by atoms with van der Waals surface area (Å²) >= 11 is 5.90. The zero-order valence-electron chi connectivity index (χ0n) is 8.20. The summed E-state index contributed by atoms with van der Waals surface area (Å²) < 4.78 is 0. The highest BCUT2D eigenvalue weighted by Crippen LogP contribution is 2.19. The van der Waals surface area contributed by atoms with Crippen LogP contribution in [0.2, 0.25) is 5.15 Å². The number of carbonyl (C=O) groups is 1. The van der Waals surface area contributed by atoms with E-state index in [1.807, 2.05) is 18.2 Å². The van der Waals surface area contributed by atoms with Gasteiger partial charge in [0.2, 0.25) is 0 Å². The Bertz CT molecular complexity index is 525. The maximum Gasteiger partial charge on any atom is 0.150 e. The van der Waals surface area contributed by atoms with Gasteiger partial charge in [0.05, 0.1) is 16.7 Å². The molecule has 1 aromatic carbocycles. The molecule has 0 aliphatic heterocycles. The van der Waals surface area contributed by atoms with Crippen molar-refractivity contribution < 1.29 is 4.79 Å². The van der Waals surface area contributed by atoms with E-state index < -0.39 is 0 Å². The smallest absolute Gasteiger partial charge is 0.150 e. The number of hydrogen-bond acceptors (Lipinski definition) is 3. The van der Waals surface area contributed by atoms with Crippen molar-refractivity contribution in [3.63, 3.8) is 0 Å². The van der Waals surface area contributed by atoms with Crippen LogP contribution in [0.3, 0.4) is 0 Å². The van der Waals surface area contributed by atoms with Crippen molar-refractivity contribution in [3.05, 3.63) is 34.6 Å². The van der Waals surface area contributed by atoms with E-state index in [4.69, 9.17) is 11.6 Å². The second kappa shape index (κ2) is 3.95. The molecule has 0 aliphatic rings. The lowest BCUT2D eigenvalue weighted by Crippen LogP contribution is -1.95. The predicted molar refractivity (Wildman–Crippen MR) is 59.1 cm³/mol. The van der Waals surface area contributed by atoms with Gasteiger partial charge in [-0.25, -0.2) is 9.97 Å². The first-order chi connectivity index (χ1) is 7.22. The van der Waals surface area contributed by atoms with Gasteiger partial charge < -0.3 is 4.79 Å². The lowest BCUT2D eigenvalue weighted by atomic mass is 10.1. The lowest BCUT2D eigenvalue weighted by molar-refractivity contribution is -0.107. The number of benzene rings is 1. The molecule has 1 aromatic heterocycles. The highest BCUT2D eigenvalue weighted by molar-refractivity contribution is 6.30. The van der Waals surface area contributed by atoms with Crippen molar-refractivity contribution in [1.29, 1.82) is 0 Å². The van der Waals surface area contributed by atoms with E-state index in [2.05, 4.69) is 9.97 Å². The van der Waals surface area contributed by atoms with E-state index in [-0.39, 0.29) is 0 Å². The van der Waals surface area contributed by atoms with Gasteiger partial charge >= 0.3 is 0 Å². The normalized spacial score (nSPS) is 10.5. The van der Waals surface area contributed by atoms with Crippen LogP contribution in [0.25, 0.3) is 11.0 Å². The van der Waals surface area contributed by atoms with Gasteiger partial charge in [-0.1, -0.05) is 23.7 Å². The topological polar surface area (TPSA) is 42.9 Å². The average Bonchev–Trinajstić information content (AvgIpc) is 2.21. The fourth-order valence-corrected chi connectivity index (χ4v) is 1.58. The quantitative estimate of drug-likeness (QED) is 0.730. The molecule has 0 saturated carbocycles. The first kappa shape index (κ1) is 10.1. The Morgan fingerprint density at radius 1 is 1.40 bits per heavy atom. The zero-order valence-corrected chi connectivity index (χ0v) is 8.95. The number of aryl methyl sites for hydroxylation is 1. The third-order valence-corrected chi connectivity index (χ3v) is 2.56. The van der Waals surface area contributed by atoms with E-state index in [1.165, 1.54) is 0 Å².